The molecule has 0 bridgehead atoms. The highest BCUT2D eigenvalue weighted by atomic mass is 35.5. The van der Waals surface area contributed by atoms with Gasteiger partial charge >= 0.3 is 0 Å². The van der Waals surface area contributed by atoms with Crippen molar-refractivity contribution in [2.45, 2.75) is 25.0 Å². The number of methoxy groups -OCH3 is 2. The number of hydrogen-bond donors (Lipinski definition) is 3. The molecule has 1 fully saturated rings. The zero-order valence-electron chi connectivity index (χ0n) is 19.3. The van der Waals surface area contributed by atoms with Crippen molar-refractivity contribution in [3.8, 4) is 5.75 Å². The van der Waals surface area contributed by atoms with Gasteiger partial charge in [-0.3, -0.25) is 4.79 Å². The van der Waals surface area contributed by atoms with Crippen LogP contribution >= 0.6 is 22.9 Å². The van der Waals surface area contributed by atoms with Gasteiger partial charge in [-0.2, -0.15) is 0 Å². The number of amides is 1. The second kappa shape index (κ2) is 11.2. The minimum atomic E-state index is -0.251. The maximum Gasteiger partial charge on any atom is 0.255 e. The number of anilines is 2. The van der Waals surface area contributed by atoms with Crippen LogP contribution in [0.2, 0.25) is 5.02 Å². The van der Waals surface area contributed by atoms with Gasteiger partial charge in [-0.1, -0.05) is 35.1 Å². The molecule has 1 aromatic heterocycles. The third kappa shape index (κ3) is 5.72. The summed E-state index contributed by atoms with van der Waals surface area (Å²) >= 11 is 7.80. The monoisotopic (exact) mass is 503 g/mol. The normalized spacial score (nSPS) is 18.7. The molecule has 2 heterocycles. The highest BCUT2D eigenvalue weighted by Crippen LogP contribution is 2.29. The lowest BCUT2D eigenvalue weighted by atomic mass is 10.0. The Labute approximate surface area is 208 Å². The number of fused-ring (bicyclic) bond motifs is 1. The molecule has 4 rings (SSSR count). The molecule has 3 aromatic rings. The Morgan fingerprint density at radius 2 is 2.15 bits per heavy atom. The summed E-state index contributed by atoms with van der Waals surface area (Å²) in [6, 6.07) is 11.2. The summed E-state index contributed by atoms with van der Waals surface area (Å²) in [7, 11) is 3.18. The first-order chi connectivity index (χ1) is 16.5. The van der Waals surface area contributed by atoms with Crippen molar-refractivity contribution in [1.82, 2.24) is 15.2 Å². The number of nitrogen functional groups attached to an aromatic ring is 1. The fourth-order valence-electron chi connectivity index (χ4n) is 4.19. The Bertz CT molecular complexity index is 1110. The Balaban J connectivity index is 1.26. The molecule has 8 nitrogen and oxygen atoms in total. The number of ether oxygens (including phenoxy) is 2. The van der Waals surface area contributed by atoms with Gasteiger partial charge in [-0.05, 0) is 37.6 Å². The van der Waals surface area contributed by atoms with Crippen LogP contribution < -0.4 is 21.1 Å². The van der Waals surface area contributed by atoms with E-state index in [0.29, 0.717) is 22.0 Å². The summed E-state index contributed by atoms with van der Waals surface area (Å²) in [5.74, 6) is 0.144. The van der Waals surface area contributed by atoms with Crippen LogP contribution in [0.5, 0.6) is 5.75 Å². The summed E-state index contributed by atoms with van der Waals surface area (Å²) in [4.78, 5) is 19.9. The number of thiazole rings is 1. The van der Waals surface area contributed by atoms with Gasteiger partial charge in [0.1, 0.15) is 5.75 Å². The fraction of sp³-hybridized carbons (Fsp3) is 0.417. The number of nitrogens with two attached hydrogens (primary N) is 1. The van der Waals surface area contributed by atoms with Crippen molar-refractivity contribution < 1.29 is 14.3 Å². The van der Waals surface area contributed by atoms with Crippen LogP contribution in [-0.4, -0.2) is 68.3 Å². The quantitative estimate of drug-likeness (QED) is 0.301. The van der Waals surface area contributed by atoms with Crippen LogP contribution in [0.4, 0.5) is 10.8 Å². The maximum atomic E-state index is 12.9. The summed E-state index contributed by atoms with van der Waals surface area (Å²) in [5.41, 5.74) is 7.59. The molecule has 10 heteroatoms. The SMILES string of the molecule is COc1cc(N)c(Cl)cc1C(=O)N[C@@H]1CCN(CCCNc2nc3ccccc3s2)C[C@@H]1OC. The first-order valence-corrected chi connectivity index (χ1v) is 12.5. The number of halogens is 1. The molecule has 1 aliphatic heterocycles. The molecular formula is C24H30ClN5O3S. The van der Waals surface area contributed by atoms with E-state index in [1.165, 1.54) is 11.8 Å². The molecular weight excluding hydrogens is 474 g/mol. The summed E-state index contributed by atoms with van der Waals surface area (Å²) < 4.78 is 12.2. The summed E-state index contributed by atoms with van der Waals surface area (Å²) in [6.45, 7) is 3.43. The van der Waals surface area contributed by atoms with E-state index in [1.807, 2.05) is 18.2 Å². The van der Waals surface area contributed by atoms with Crippen LogP contribution in [0.3, 0.4) is 0 Å². The van der Waals surface area contributed by atoms with Crippen molar-refractivity contribution in [3.05, 3.63) is 47.0 Å². The van der Waals surface area contributed by atoms with Gasteiger partial charge in [0.05, 0.1) is 45.7 Å². The first-order valence-electron chi connectivity index (χ1n) is 11.3. The van der Waals surface area contributed by atoms with Crippen LogP contribution in [0.25, 0.3) is 10.2 Å². The lowest BCUT2D eigenvalue weighted by molar-refractivity contribution is 0.00638. The number of hydrogen-bond acceptors (Lipinski definition) is 8. The smallest absolute Gasteiger partial charge is 0.255 e. The minimum absolute atomic E-state index is 0.101. The molecule has 34 heavy (non-hydrogen) atoms. The van der Waals surface area contributed by atoms with Crippen LogP contribution in [0.1, 0.15) is 23.2 Å². The van der Waals surface area contributed by atoms with Crippen molar-refractivity contribution in [2.24, 2.45) is 0 Å². The molecule has 2 atom stereocenters. The molecule has 4 N–H and O–H groups in total. The maximum absolute atomic E-state index is 12.9. The van der Waals surface area contributed by atoms with Gasteiger partial charge in [0.25, 0.3) is 5.91 Å². The molecule has 1 saturated heterocycles. The third-order valence-corrected chi connectivity index (χ3v) is 7.37. The van der Waals surface area contributed by atoms with E-state index in [4.69, 9.17) is 26.8 Å². The molecule has 1 aliphatic rings. The average molecular weight is 504 g/mol. The van der Waals surface area contributed by atoms with E-state index in [0.717, 1.165) is 49.7 Å². The molecule has 1 amide bonds. The van der Waals surface area contributed by atoms with Gasteiger partial charge in [-0.15, -0.1) is 0 Å². The standard InChI is InChI=1S/C24H30ClN5O3S/c1-32-20-13-17(26)16(25)12-15(20)23(31)28-18-8-11-30(14-21(18)33-2)10-5-9-27-24-29-19-6-3-4-7-22(19)34-24/h3-4,6-7,12-13,18,21H,5,8-11,14,26H2,1-2H3,(H,27,29)(H,28,31)/t18-,21+/m1/s1. The molecule has 2 aromatic carbocycles. The number of benzene rings is 2. The number of piperidine rings is 1. The van der Waals surface area contributed by atoms with Crippen LogP contribution in [0.15, 0.2) is 36.4 Å². The predicted molar refractivity (Wildman–Crippen MR) is 138 cm³/mol. The number of carbonyl (C=O) groups excluding carboxylic acids is 1. The van der Waals surface area contributed by atoms with E-state index < -0.39 is 0 Å². The Morgan fingerprint density at radius 3 is 2.91 bits per heavy atom. The number of likely N-dealkylation sites (tertiary alicyclic amines) is 1. The van der Waals surface area contributed by atoms with Crippen LogP contribution in [0, 0.1) is 0 Å². The second-order valence-corrected chi connectivity index (χ2v) is 9.72. The largest absolute Gasteiger partial charge is 0.496 e. The zero-order valence-corrected chi connectivity index (χ0v) is 20.9. The fourth-order valence-corrected chi connectivity index (χ4v) is 5.25. The Kier molecular flexibility index (Phi) is 8.10. The highest BCUT2D eigenvalue weighted by Gasteiger charge is 2.31. The first kappa shape index (κ1) is 24.5. The second-order valence-electron chi connectivity index (χ2n) is 8.28. The Morgan fingerprint density at radius 1 is 1.32 bits per heavy atom. The number of para-hydroxylation sites is 1. The molecule has 0 spiro atoms. The van der Waals surface area contributed by atoms with E-state index >= 15 is 0 Å². The number of rotatable bonds is 9. The van der Waals surface area contributed by atoms with Gasteiger partial charge in [-0.25, -0.2) is 4.98 Å². The molecule has 182 valence electrons. The molecule has 0 saturated carbocycles. The van der Waals surface area contributed by atoms with E-state index in [1.54, 1.807) is 30.6 Å². The minimum Gasteiger partial charge on any atom is -0.496 e. The highest BCUT2D eigenvalue weighted by molar-refractivity contribution is 7.22. The van der Waals surface area contributed by atoms with E-state index in [9.17, 15) is 4.79 Å². The van der Waals surface area contributed by atoms with E-state index in [2.05, 4.69) is 26.6 Å². The zero-order chi connectivity index (χ0) is 24.1. The molecule has 0 aliphatic carbocycles. The van der Waals surface area contributed by atoms with Crippen molar-refractivity contribution in [2.75, 3.05) is 51.4 Å². The van der Waals surface area contributed by atoms with Crippen molar-refractivity contribution in [3.63, 3.8) is 0 Å². The average Bonchev–Trinajstić information content (AvgIpc) is 3.26. The lowest BCUT2D eigenvalue weighted by Crippen LogP contribution is -2.55. The van der Waals surface area contributed by atoms with Gasteiger partial charge < -0.3 is 30.7 Å². The lowest BCUT2D eigenvalue weighted by Gasteiger charge is -2.38. The van der Waals surface area contributed by atoms with Gasteiger partial charge in [0.15, 0.2) is 5.13 Å². The summed E-state index contributed by atoms with van der Waals surface area (Å²) in [6.07, 6.45) is 1.68. The third-order valence-electron chi connectivity index (χ3n) is 6.05. The van der Waals surface area contributed by atoms with Gasteiger partial charge in [0, 0.05) is 32.8 Å². The Hall–Kier alpha value is -2.59. The molecule has 0 radical (unpaired) electrons. The topological polar surface area (TPSA) is 102 Å². The number of aromatic nitrogens is 1. The number of nitrogens with zero attached hydrogens (tertiary/aromatic N) is 2. The summed E-state index contributed by atoms with van der Waals surface area (Å²) in [5, 5.41) is 7.80. The van der Waals surface area contributed by atoms with Crippen molar-refractivity contribution >= 4 is 49.9 Å². The predicted octanol–water partition coefficient (Wildman–Crippen LogP) is 3.86. The molecule has 0 unspecified atom stereocenters. The van der Waals surface area contributed by atoms with E-state index in [-0.39, 0.29) is 18.1 Å². The van der Waals surface area contributed by atoms with Crippen LogP contribution in [-0.2, 0) is 4.74 Å². The number of nitrogens with one attached hydrogen (secondary N) is 2. The van der Waals surface area contributed by atoms with Crippen molar-refractivity contribution in [1.29, 1.82) is 0 Å². The van der Waals surface area contributed by atoms with Gasteiger partial charge in [0.2, 0.25) is 0 Å². The number of carbonyl (C=O) groups is 1.